The predicted molar refractivity (Wildman–Crippen MR) is 126 cm³/mol. The molecule has 0 bridgehead atoms. The molecule has 1 aliphatic rings. The summed E-state index contributed by atoms with van der Waals surface area (Å²) in [6.45, 7) is 5.21. The van der Waals surface area contributed by atoms with Crippen LogP contribution in [0.25, 0.3) is 0 Å². The lowest BCUT2D eigenvalue weighted by atomic mass is 10.1. The van der Waals surface area contributed by atoms with E-state index in [0.717, 1.165) is 23.2 Å². The first-order chi connectivity index (χ1) is 15.9. The van der Waals surface area contributed by atoms with E-state index in [1.54, 1.807) is 36.3 Å². The molecule has 0 aromatic heterocycles. The zero-order valence-electron chi connectivity index (χ0n) is 19.3. The van der Waals surface area contributed by atoms with Crippen LogP contribution >= 0.6 is 0 Å². The summed E-state index contributed by atoms with van der Waals surface area (Å²) in [5.41, 5.74) is 3.48. The average Bonchev–Trinajstić information content (AvgIpc) is 3.20. The van der Waals surface area contributed by atoms with Gasteiger partial charge in [-0.1, -0.05) is 18.2 Å². The Morgan fingerprint density at radius 2 is 1.79 bits per heavy atom. The number of ether oxygens (including phenoxy) is 2. The normalized spacial score (nSPS) is 15.4. The van der Waals surface area contributed by atoms with Crippen LogP contribution in [0.4, 0.5) is 11.4 Å². The van der Waals surface area contributed by atoms with E-state index in [1.807, 2.05) is 32.0 Å². The Morgan fingerprint density at radius 1 is 1.09 bits per heavy atom. The smallest absolute Gasteiger partial charge is 0.262 e. The van der Waals surface area contributed by atoms with Crippen molar-refractivity contribution in [1.82, 2.24) is 5.32 Å². The molecular weight excluding hydrogens is 422 g/mol. The molecule has 1 saturated heterocycles. The van der Waals surface area contributed by atoms with E-state index in [0.29, 0.717) is 31.1 Å². The molecule has 8 nitrogen and oxygen atoms in total. The first-order valence-corrected chi connectivity index (χ1v) is 11.0. The van der Waals surface area contributed by atoms with Gasteiger partial charge < -0.3 is 25.0 Å². The SMILES string of the molecule is COCCCNC(=O)[C@@H]1CC(=O)N(c2ccc(OCC(=O)Nc3c(C)cccc3C)cc2)C1. The largest absolute Gasteiger partial charge is 0.484 e. The maximum Gasteiger partial charge on any atom is 0.262 e. The van der Waals surface area contributed by atoms with Gasteiger partial charge in [0.05, 0.1) is 5.92 Å². The summed E-state index contributed by atoms with van der Waals surface area (Å²) in [7, 11) is 1.62. The fourth-order valence-corrected chi connectivity index (χ4v) is 3.76. The molecule has 1 aliphatic heterocycles. The number of hydrogen-bond acceptors (Lipinski definition) is 5. The van der Waals surface area contributed by atoms with Crippen molar-refractivity contribution < 1.29 is 23.9 Å². The lowest BCUT2D eigenvalue weighted by Crippen LogP contribution is -2.33. The van der Waals surface area contributed by atoms with Crippen molar-refractivity contribution in [3.05, 3.63) is 53.6 Å². The summed E-state index contributed by atoms with van der Waals surface area (Å²) in [6.07, 6.45) is 0.920. The molecule has 1 fully saturated rings. The third-order valence-corrected chi connectivity index (χ3v) is 5.58. The molecule has 2 aromatic carbocycles. The third kappa shape index (κ3) is 6.55. The van der Waals surface area contributed by atoms with Crippen LogP contribution in [-0.2, 0) is 19.1 Å². The second-order valence-electron chi connectivity index (χ2n) is 8.14. The Balaban J connectivity index is 1.50. The molecule has 0 radical (unpaired) electrons. The Morgan fingerprint density at radius 3 is 2.45 bits per heavy atom. The number of nitrogens with one attached hydrogen (secondary N) is 2. The molecule has 3 amide bonds. The van der Waals surface area contributed by atoms with Gasteiger partial charge in [0, 0.05) is 44.6 Å². The molecule has 2 N–H and O–H groups in total. The Bertz CT molecular complexity index is 970. The zero-order chi connectivity index (χ0) is 23.8. The number of carbonyl (C=O) groups is 3. The lowest BCUT2D eigenvalue weighted by molar-refractivity contribution is -0.126. The van der Waals surface area contributed by atoms with Gasteiger partial charge >= 0.3 is 0 Å². The molecule has 2 aromatic rings. The number of methoxy groups -OCH3 is 1. The van der Waals surface area contributed by atoms with Crippen molar-refractivity contribution in [2.45, 2.75) is 26.7 Å². The summed E-state index contributed by atoms with van der Waals surface area (Å²) in [4.78, 5) is 38.6. The highest BCUT2D eigenvalue weighted by Crippen LogP contribution is 2.27. The van der Waals surface area contributed by atoms with Crippen molar-refractivity contribution in [3.8, 4) is 5.75 Å². The van der Waals surface area contributed by atoms with Crippen LogP contribution in [0.3, 0.4) is 0 Å². The van der Waals surface area contributed by atoms with Gasteiger partial charge in [0.15, 0.2) is 6.61 Å². The van der Waals surface area contributed by atoms with Gasteiger partial charge in [0.2, 0.25) is 11.8 Å². The monoisotopic (exact) mass is 453 g/mol. The summed E-state index contributed by atoms with van der Waals surface area (Å²) in [5.74, 6) is -0.296. The second kappa shape index (κ2) is 11.5. The van der Waals surface area contributed by atoms with Gasteiger partial charge in [-0.15, -0.1) is 0 Å². The average molecular weight is 454 g/mol. The molecule has 0 aliphatic carbocycles. The number of anilines is 2. The molecule has 0 spiro atoms. The fraction of sp³-hybridized carbons (Fsp3) is 0.400. The van der Waals surface area contributed by atoms with Gasteiger partial charge in [-0.2, -0.15) is 0 Å². The maximum absolute atomic E-state index is 12.4. The van der Waals surface area contributed by atoms with Crippen molar-refractivity contribution in [1.29, 1.82) is 0 Å². The summed E-state index contributed by atoms with van der Waals surface area (Å²) >= 11 is 0. The van der Waals surface area contributed by atoms with Gasteiger partial charge in [-0.25, -0.2) is 0 Å². The summed E-state index contributed by atoms with van der Waals surface area (Å²) in [6, 6.07) is 12.8. The fourth-order valence-electron chi connectivity index (χ4n) is 3.76. The Kier molecular flexibility index (Phi) is 8.43. The standard InChI is InChI=1S/C25H31N3O5/c1-17-6-4-7-18(2)24(17)27-22(29)16-33-21-10-8-20(9-11-21)28-15-19(14-23(28)30)25(31)26-12-5-13-32-3/h4,6-11,19H,5,12-16H2,1-3H3,(H,26,31)(H,27,29)/t19-/m1/s1. The Labute approximate surface area is 194 Å². The van der Waals surface area contributed by atoms with Crippen molar-refractivity contribution >= 4 is 29.1 Å². The second-order valence-corrected chi connectivity index (χ2v) is 8.14. The van der Waals surface area contributed by atoms with Crippen LogP contribution in [0.5, 0.6) is 5.75 Å². The Hall–Kier alpha value is -3.39. The minimum Gasteiger partial charge on any atom is -0.484 e. The maximum atomic E-state index is 12.4. The van der Waals surface area contributed by atoms with Crippen LogP contribution in [0, 0.1) is 19.8 Å². The van der Waals surface area contributed by atoms with E-state index in [4.69, 9.17) is 9.47 Å². The number of benzene rings is 2. The molecule has 1 heterocycles. The highest BCUT2D eigenvalue weighted by Gasteiger charge is 2.34. The van der Waals surface area contributed by atoms with Crippen LogP contribution in [-0.4, -0.2) is 51.1 Å². The van der Waals surface area contributed by atoms with E-state index >= 15 is 0 Å². The lowest BCUT2D eigenvalue weighted by Gasteiger charge is -2.17. The molecule has 3 rings (SSSR count). The van der Waals surface area contributed by atoms with E-state index < -0.39 is 0 Å². The van der Waals surface area contributed by atoms with Crippen LogP contribution in [0.1, 0.15) is 24.0 Å². The highest BCUT2D eigenvalue weighted by atomic mass is 16.5. The van der Waals surface area contributed by atoms with E-state index in [-0.39, 0.29) is 36.7 Å². The first-order valence-electron chi connectivity index (χ1n) is 11.0. The minimum atomic E-state index is -0.371. The zero-order valence-corrected chi connectivity index (χ0v) is 19.3. The number of rotatable bonds is 10. The number of nitrogens with zero attached hydrogens (tertiary/aromatic N) is 1. The van der Waals surface area contributed by atoms with E-state index in [2.05, 4.69) is 10.6 Å². The van der Waals surface area contributed by atoms with Crippen LogP contribution in [0.15, 0.2) is 42.5 Å². The van der Waals surface area contributed by atoms with E-state index in [1.165, 1.54) is 0 Å². The molecule has 33 heavy (non-hydrogen) atoms. The first kappa shape index (κ1) is 24.3. The molecule has 8 heteroatoms. The number of amides is 3. The van der Waals surface area contributed by atoms with Crippen LogP contribution < -0.4 is 20.3 Å². The molecule has 1 atom stereocenters. The minimum absolute atomic E-state index is 0.0892. The van der Waals surface area contributed by atoms with E-state index in [9.17, 15) is 14.4 Å². The summed E-state index contributed by atoms with van der Waals surface area (Å²) < 4.78 is 10.6. The van der Waals surface area contributed by atoms with Crippen molar-refractivity contribution in [2.24, 2.45) is 5.92 Å². The van der Waals surface area contributed by atoms with Gasteiger partial charge in [-0.05, 0) is 55.7 Å². The van der Waals surface area contributed by atoms with Gasteiger partial charge in [0.1, 0.15) is 5.75 Å². The highest BCUT2D eigenvalue weighted by molar-refractivity contribution is 6.00. The van der Waals surface area contributed by atoms with Gasteiger partial charge in [0.25, 0.3) is 5.91 Å². The molecule has 0 unspecified atom stereocenters. The third-order valence-electron chi connectivity index (χ3n) is 5.58. The summed E-state index contributed by atoms with van der Waals surface area (Å²) in [5, 5.41) is 5.74. The molecular formula is C25H31N3O5. The van der Waals surface area contributed by atoms with Gasteiger partial charge in [-0.3, -0.25) is 14.4 Å². The quantitative estimate of drug-likeness (QED) is 0.539. The number of carbonyl (C=O) groups excluding carboxylic acids is 3. The molecule has 0 saturated carbocycles. The number of hydrogen-bond donors (Lipinski definition) is 2. The van der Waals surface area contributed by atoms with Crippen molar-refractivity contribution in [3.63, 3.8) is 0 Å². The van der Waals surface area contributed by atoms with Crippen LogP contribution in [0.2, 0.25) is 0 Å². The topological polar surface area (TPSA) is 97.0 Å². The number of aryl methyl sites for hydroxylation is 2. The molecule has 176 valence electrons. The number of para-hydroxylation sites is 1. The predicted octanol–water partition coefficient (Wildman–Crippen LogP) is 2.83. The van der Waals surface area contributed by atoms with Crippen molar-refractivity contribution in [2.75, 3.05) is 43.6 Å².